The third-order valence-electron chi connectivity index (χ3n) is 5.23. The summed E-state index contributed by atoms with van der Waals surface area (Å²) in [6.45, 7) is -0.189. The summed E-state index contributed by atoms with van der Waals surface area (Å²) in [7, 11) is 0. The third-order valence-corrected chi connectivity index (χ3v) is 5.23. The van der Waals surface area contributed by atoms with E-state index < -0.39 is 41.5 Å². The predicted octanol–water partition coefficient (Wildman–Crippen LogP) is 2.17. The zero-order valence-corrected chi connectivity index (χ0v) is 18.1. The van der Waals surface area contributed by atoms with Gasteiger partial charge < -0.3 is 18.9 Å². The second-order valence-corrected chi connectivity index (χ2v) is 7.63. The van der Waals surface area contributed by atoms with Crippen LogP contribution in [0.25, 0.3) is 0 Å². The molecule has 2 aromatic carbocycles. The van der Waals surface area contributed by atoms with Crippen LogP contribution in [-0.4, -0.2) is 40.9 Å². The zero-order valence-electron chi connectivity index (χ0n) is 18.1. The van der Waals surface area contributed by atoms with E-state index in [0.717, 1.165) is 16.3 Å². The first-order valence-electron chi connectivity index (χ1n) is 10.6. The van der Waals surface area contributed by atoms with Crippen molar-refractivity contribution in [1.82, 2.24) is 9.55 Å². The summed E-state index contributed by atoms with van der Waals surface area (Å²) in [5, 5.41) is 0. The number of ether oxygens (including phenoxy) is 4. The van der Waals surface area contributed by atoms with Crippen LogP contribution in [-0.2, 0) is 25.6 Å². The minimum Gasteiger partial charge on any atom is -0.482 e. The van der Waals surface area contributed by atoms with E-state index >= 15 is 0 Å². The topological polar surface area (TPSA) is 109 Å². The molecule has 1 fully saturated rings. The SMILES string of the molecule is O=C(COc1ccccc1)OC[C@@H]1O[C@H](n2cc(F)c(=O)[nH]c2=O)CC1OCc1ccccc1. The first kappa shape index (κ1) is 23.4. The van der Waals surface area contributed by atoms with Crippen molar-refractivity contribution in [3.8, 4) is 5.75 Å². The van der Waals surface area contributed by atoms with Gasteiger partial charge in [0.1, 0.15) is 24.7 Å². The van der Waals surface area contributed by atoms with Crippen LogP contribution in [0.1, 0.15) is 18.2 Å². The normalized spacial score (nSPS) is 19.6. The Hall–Kier alpha value is -3.76. The van der Waals surface area contributed by atoms with Crippen molar-refractivity contribution in [3.05, 3.63) is 99.1 Å². The van der Waals surface area contributed by atoms with E-state index in [2.05, 4.69) is 0 Å². The van der Waals surface area contributed by atoms with Crippen molar-refractivity contribution in [2.24, 2.45) is 0 Å². The molecular weight excluding hydrogens is 447 g/mol. The first-order chi connectivity index (χ1) is 16.5. The van der Waals surface area contributed by atoms with E-state index in [1.165, 1.54) is 0 Å². The van der Waals surface area contributed by atoms with Crippen LogP contribution < -0.4 is 16.0 Å². The van der Waals surface area contributed by atoms with Crippen LogP contribution >= 0.6 is 0 Å². The van der Waals surface area contributed by atoms with Crippen molar-refractivity contribution in [2.75, 3.05) is 13.2 Å². The lowest BCUT2D eigenvalue weighted by Gasteiger charge is -2.19. The average Bonchev–Trinajstić information content (AvgIpc) is 3.26. The molecule has 1 N–H and O–H groups in total. The molecule has 9 nitrogen and oxygen atoms in total. The molecule has 0 amide bonds. The summed E-state index contributed by atoms with van der Waals surface area (Å²) in [6, 6.07) is 18.2. The van der Waals surface area contributed by atoms with E-state index in [1.807, 2.05) is 41.4 Å². The molecule has 1 aliphatic heterocycles. The van der Waals surface area contributed by atoms with Gasteiger partial charge in [-0.2, -0.15) is 4.39 Å². The molecule has 0 aliphatic carbocycles. The largest absolute Gasteiger partial charge is 0.482 e. The number of nitrogens with one attached hydrogen (secondary N) is 1. The number of benzene rings is 2. The zero-order chi connectivity index (χ0) is 23.9. The number of carbonyl (C=O) groups excluding carboxylic acids is 1. The van der Waals surface area contributed by atoms with Crippen LogP contribution in [0.5, 0.6) is 5.75 Å². The maximum Gasteiger partial charge on any atom is 0.344 e. The van der Waals surface area contributed by atoms with Crippen molar-refractivity contribution in [2.45, 2.75) is 31.5 Å². The molecule has 0 radical (unpaired) electrons. The fraction of sp³-hybridized carbons (Fsp3) is 0.292. The Labute approximate surface area is 193 Å². The molecule has 0 spiro atoms. The van der Waals surface area contributed by atoms with Gasteiger partial charge in [0.25, 0.3) is 5.56 Å². The molecule has 178 valence electrons. The second-order valence-electron chi connectivity index (χ2n) is 7.63. The van der Waals surface area contributed by atoms with Gasteiger partial charge in [-0.1, -0.05) is 48.5 Å². The Kier molecular flexibility index (Phi) is 7.51. The molecule has 4 rings (SSSR count). The quantitative estimate of drug-likeness (QED) is 0.478. The highest BCUT2D eigenvalue weighted by Crippen LogP contribution is 2.31. The van der Waals surface area contributed by atoms with Gasteiger partial charge in [-0.3, -0.25) is 14.3 Å². The number of H-pyrrole nitrogens is 1. The number of aromatic amines is 1. The van der Waals surface area contributed by atoms with E-state index in [-0.39, 0.29) is 26.2 Å². The van der Waals surface area contributed by atoms with Crippen molar-refractivity contribution in [1.29, 1.82) is 0 Å². The number of hydrogen-bond donors (Lipinski definition) is 1. The monoisotopic (exact) mass is 470 g/mol. The molecule has 1 saturated heterocycles. The first-order valence-corrected chi connectivity index (χ1v) is 10.6. The molecule has 2 heterocycles. The third kappa shape index (κ3) is 5.97. The van der Waals surface area contributed by atoms with Crippen LogP contribution in [0.2, 0.25) is 0 Å². The molecule has 1 aromatic heterocycles. The summed E-state index contributed by atoms with van der Waals surface area (Å²) in [5.74, 6) is -1.19. The summed E-state index contributed by atoms with van der Waals surface area (Å²) >= 11 is 0. The number of hydrogen-bond acceptors (Lipinski definition) is 7. The lowest BCUT2D eigenvalue weighted by Crippen LogP contribution is -2.34. The Morgan fingerprint density at radius 1 is 1.09 bits per heavy atom. The van der Waals surface area contributed by atoms with E-state index in [1.54, 1.807) is 24.3 Å². The van der Waals surface area contributed by atoms with Gasteiger partial charge in [-0.15, -0.1) is 0 Å². The number of esters is 1. The van der Waals surface area contributed by atoms with Gasteiger partial charge in [-0.05, 0) is 17.7 Å². The summed E-state index contributed by atoms with van der Waals surface area (Å²) in [6.07, 6.45) is -1.22. The van der Waals surface area contributed by atoms with Gasteiger partial charge in [0.05, 0.1) is 18.9 Å². The molecule has 0 saturated carbocycles. The van der Waals surface area contributed by atoms with E-state index in [4.69, 9.17) is 18.9 Å². The minimum absolute atomic E-state index is 0.159. The lowest BCUT2D eigenvalue weighted by atomic mass is 10.1. The molecule has 1 unspecified atom stereocenters. The van der Waals surface area contributed by atoms with Crippen molar-refractivity contribution < 1.29 is 28.1 Å². The number of aromatic nitrogens is 2. The summed E-state index contributed by atoms with van der Waals surface area (Å²) in [4.78, 5) is 37.6. The summed E-state index contributed by atoms with van der Waals surface area (Å²) in [5.41, 5.74) is -1.00. The van der Waals surface area contributed by atoms with E-state index in [0.29, 0.717) is 5.75 Å². The van der Waals surface area contributed by atoms with Gasteiger partial charge in [-0.25, -0.2) is 9.59 Å². The highest BCUT2D eigenvalue weighted by molar-refractivity contribution is 5.71. The predicted molar refractivity (Wildman–Crippen MR) is 118 cm³/mol. The maximum atomic E-state index is 13.8. The van der Waals surface area contributed by atoms with Gasteiger partial charge in [0, 0.05) is 6.42 Å². The molecule has 3 atom stereocenters. The van der Waals surface area contributed by atoms with Crippen LogP contribution in [0, 0.1) is 5.82 Å². The number of carbonyl (C=O) groups is 1. The Bertz CT molecular complexity index is 1210. The Morgan fingerprint density at radius 3 is 2.53 bits per heavy atom. The fourth-order valence-electron chi connectivity index (χ4n) is 3.52. The molecule has 34 heavy (non-hydrogen) atoms. The van der Waals surface area contributed by atoms with Gasteiger partial charge in [0.2, 0.25) is 5.82 Å². The van der Waals surface area contributed by atoms with Crippen molar-refractivity contribution >= 4 is 5.97 Å². The van der Waals surface area contributed by atoms with Crippen LogP contribution in [0.3, 0.4) is 0 Å². The second kappa shape index (κ2) is 10.9. The molecule has 0 bridgehead atoms. The average molecular weight is 470 g/mol. The smallest absolute Gasteiger partial charge is 0.344 e. The molecule has 10 heteroatoms. The Balaban J connectivity index is 1.41. The standard InChI is InChI=1S/C24H23FN2O7/c25-18-12-27(24(30)26-23(18)29)21-11-19(32-13-16-7-3-1-4-8-16)20(34-21)14-33-22(28)15-31-17-9-5-2-6-10-17/h1-10,12,19-21H,11,13-15H2,(H,26,29,30)/t19?,20-,21-/m0/s1. The lowest BCUT2D eigenvalue weighted by molar-refractivity contribution is -0.153. The van der Waals surface area contributed by atoms with Crippen LogP contribution in [0.15, 0.2) is 76.4 Å². The van der Waals surface area contributed by atoms with E-state index in [9.17, 15) is 18.8 Å². The molecule has 1 aliphatic rings. The molecule has 3 aromatic rings. The highest BCUT2D eigenvalue weighted by Gasteiger charge is 2.38. The van der Waals surface area contributed by atoms with Gasteiger partial charge >= 0.3 is 11.7 Å². The fourth-order valence-corrected chi connectivity index (χ4v) is 3.52. The van der Waals surface area contributed by atoms with Gasteiger partial charge in [0.15, 0.2) is 6.61 Å². The number of para-hydroxylation sites is 1. The van der Waals surface area contributed by atoms with Crippen LogP contribution in [0.4, 0.5) is 4.39 Å². The Morgan fingerprint density at radius 2 is 1.79 bits per heavy atom. The summed E-state index contributed by atoms with van der Waals surface area (Å²) < 4.78 is 37.3. The maximum absolute atomic E-state index is 13.8. The number of halogens is 1. The highest BCUT2D eigenvalue weighted by atomic mass is 19.1. The van der Waals surface area contributed by atoms with Crippen molar-refractivity contribution in [3.63, 3.8) is 0 Å². The molecular formula is C24H23FN2O7. The number of nitrogens with zero attached hydrogens (tertiary/aromatic N) is 1. The number of rotatable bonds is 9. The minimum atomic E-state index is -1.11.